The average Bonchev–Trinajstić information content (AvgIpc) is 3.52. The average molecular weight is 624 g/mol. The number of anilines is 2. The van der Waals surface area contributed by atoms with Gasteiger partial charge in [0.05, 0.1) is 0 Å². The molecule has 3 aliphatic carbocycles. The lowest BCUT2D eigenvalue weighted by Gasteiger charge is -2.25. The smallest absolute Gasteiger partial charge is 0.0387 e. The van der Waals surface area contributed by atoms with Crippen LogP contribution in [-0.4, -0.2) is 0 Å². The molecule has 0 heterocycles. The summed E-state index contributed by atoms with van der Waals surface area (Å²) in [6.07, 6.45) is 0. The molecular formula is C47H45N. The largest absolute Gasteiger partial charge is 0.356 e. The molecule has 6 aromatic rings. The zero-order valence-electron chi connectivity index (χ0n) is 29.8. The lowest BCUT2D eigenvalue weighted by Crippen LogP contribution is -2.17. The van der Waals surface area contributed by atoms with Crippen LogP contribution in [0.2, 0.25) is 0 Å². The minimum absolute atomic E-state index is 0.0482. The number of benzene rings is 6. The van der Waals surface area contributed by atoms with Gasteiger partial charge in [-0.2, -0.15) is 0 Å². The fraction of sp³-hybridized carbons (Fsp3) is 0.277. The third kappa shape index (κ3) is 3.85. The topological polar surface area (TPSA) is 12.0 Å². The van der Waals surface area contributed by atoms with Crippen molar-refractivity contribution in [1.29, 1.82) is 0 Å². The Bertz CT molecular complexity index is 2370. The minimum Gasteiger partial charge on any atom is -0.356 e. The molecule has 48 heavy (non-hydrogen) atoms. The first kappa shape index (κ1) is 29.5. The zero-order chi connectivity index (χ0) is 33.5. The maximum absolute atomic E-state index is 3.82. The van der Waals surface area contributed by atoms with E-state index in [9.17, 15) is 0 Å². The summed E-state index contributed by atoms with van der Waals surface area (Å²) in [7, 11) is 0. The van der Waals surface area contributed by atoms with Crippen LogP contribution in [0, 0.1) is 0 Å². The van der Waals surface area contributed by atoms with E-state index in [0.717, 1.165) is 11.4 Å². The lowest BCUT2D eigenvalue weighted by molar-refractivity contribution is 0.584. The SMILES string of the molecule is CC(C)(C)c1ccc2c(c1)C(C)(C)c1cc(Nc3ccc4c(c3)C(C)(C)c3cc5c(cc3-4)C(C)(C)c3ccc4ccccc4c3-5)ccc1-2. The lowest BCUT2D eigenvalue weighted by atomic mass is 9.79. The van der Waals surface area contributed by atoms with Gasteiger partial charge in [-0.3, -0.25) is 0 Å². The summed E-state index contributed by atoms with van der Waals surface area (Å²) < 4.78 is 0. The first-order chi connectivity index (χ1) is 22.7. The van der Waals surface area contributed by atoms with Crippen LogP contribution in [0.3, 0.4) is 0 Å². The molecule has 0 saturated carbocycles. The van der Waals surface area contributed by atoms with Gasteiger partial charge in [-0.25, -0.2) is 0 Å². The Morgan fingerprint density at radius 1 is 0.438 bits per heavy atom. The monoisotopic (exact) mass is 623 g/mol. The van der Waals surface area contributed by atoms with Crippen molar-refractivity contribution < 1.29 is 0 Å². The highest BCUT2D eigenvalue weighted by Gasteiger charge is 2.42. The first-order valence-corrected chi connectivity index (χ1v) is 17.6. The van der Waals surface area contributed by atoms with E-state index < -0.39 is 0 Å². The minimum atomic E-state index is -0.110. The summed E-state index contributed by atoms with van der Waals surface area (Å²) in [5.74, 6) is 0. The Morgan fingerprint density at radius 2 is 0.938 bits per heavy atom. The van der Waals surface area contributed by atoms with Crippen molar-refractivity contribution in [2.75, 3.05) is 5.32 Å². The maximum Gasteiger partial charge on any atom is 0.0387 e. The molecule has 0 amide bonds. The van der Waals surface area contributed by atoms with Gasteiger partial charge >= 0.3 is 0 Å². The quantitative estimate of drug-likeness (QED) is 0.202. The van der Waals surface area contributed by atoms with Gasteiger partial charge < -0.3 is 5.32 Å². The fourth-order valence-corrected chi connectivity index (χ4v) is 9.26. The van der Waals surface area contributed by atoms with Crippen LogP contribution in [0.4, 0.5) is 11.4 Å². The van der Waals surface area contributed by atoms with E-state index in [2.05, 4.69) is 171 Å². The highest BCUT2D eigenvalue weighted by molar-refractivity contribution is 6.03. The fourth-order valence-electron chi connectivity index (χ4n) is 9.26. The highest BCUT2D eigenvalue weighted by Crippen LogP contribution is 2.58. The third-order valence-corrected chi connectivity index (χ3v) is 12.2. The highest BCUT2D eigenvalue weighted by atomic mass is 14.9. The molecule has 0 atom stereocenters. The van der Waals surface area contributed by atoms with E-state index in [1.54, 1.807) is 0 Å². The van der Waals surface area contributed by atoms with Gasteiger partial charge in [-0.05, 0) is 125 Å². The first-order valence-electron chi connectivity index (χ1n) is 17.6. The maximum atomic E-state index is 3.82. The van der Waals surface area contributed by atoms with E-state index in [1.807, 2.05) is 0 Å². The summed E-state index contributed by atoms with van der Waals surface area (Å²) in [6.45, 7) is 21.3. The van der Waals surface area contributed by atoms with Crippen LogP contribution in [0.15, 0.2) is 103 Å². The second-order valence-electron chi connectivity index (χ2n) is 17.2. The standard InChI is InChI=1S/C47H45N/c1-44(2,3)28-15-18-32-33-19-16-29(23-39(33)46(6,7)38(32)22-28)48-30-17-20-34-35-25-42-36(26-41(35)47(8,9)40(34)24-30)43-31-13-11-10-12-27(31)14-21-37(43)45(42,4)5/h10-26,48H,1-9H3. The molecule has 0 spiro atoms. The number of hydrogen-bond acceptors (Lipinski definition) is 1. The summed E-state index contributed by atoms with van der Waals surface area (Å²) in [5, 5.41) is 6.49. The molecule has 0 saturated heterocycles. The predicted molar refractivity (Wildman–Crippen MR) is 205 cm³/mol. The van der Waals surface area contributed by atoms with Gasteiger partial charge in [0.25, 0.3) is 0 Å². The number of fused-ring (bicyclic) bond motifs is 11. The summed E-state index contributed by atoms with van der Waals surface area (Å²) >= 11 is 0. The predicted octanol–water partition coefficient (Wildman–Crippen LogP) is 12.8. The molecule has 0 fully saturated rings. The van der Waals surface area contributed by atoms with Crippen LogP contribution in [0.5, 0.6) is 0 Å². The van der Waals surface area contributed by atoms with Gasteiger partial charge in [0.15, 0.2) is 0 Å². The van der Waals surface area contributed by atoms with Gasteiger partial charge in [-0.1, -0.05) is 129 Å². The Balaban J connectivity index is 1.09. The van der Waals surface area contributed by atoms with Gasteiger partial charge in [-0.15, -0.1) is 0 Å². The van der Waals surface area contributed by atoms with Crippen molar-refractivity contribution in [3.8, 4) is 33.4 Å². The number of rotatable bonds is 2. The summed E-state index contributed by atoms with van der Waals surface area (Å²) in [5.41, 5.74) is 20.4. The molecular weight excluding hydrogens is 579 g/mol. The van der Waals surface area contributed by atoms with Crippen LogP contribution >= 0.6 is 0 Å². The van der Waals surface area contributed by atoms with E-state index in [0.29, 0.717) is 0 Å². The molecule has 0 bridgehead atoms. The molecule has 0 radical (unpaired) electrons. The van der Waals surface area contributed by atoms with Gasteiger partial charge in [0.1, 0.15) is 0 Å². The molecule has 6 aromatic carbocycles. The molecule has 0 aliphatic heterocycles. The van der Waals surface area contributed by atoms with E-state index in [1.165, 1.54) is 83.1 Å². The van der Waals surface area contributed by atoms with E-state index in [-0.39, 0.29) is 21.7 Å². The van der Waals surface area contributed by atoms with Crippen LogP contribution in [0.1, 0.15) is 101 Å². The molecule has 3 aliphatic rings. The molecule has 1 heteroatoms. The van der Waals surface area contributed by atoms with Gasteiger partial charge in [0.2, 0.25) is 0 Å². The molecule has 0 unspecified atom stereocenters. The molecule has 238 valence electrons. The third-order valence-electron chi connectivity index (χ3n) is 12.2. The Labute approximate surface area is 286 Å². The van der Waals surface area contributed by atoms with Crippen molar-refractivity contribution in [1.82, 2.24) is 0 Å². The van der Waals surface area contributed by atoms with Crippen molar-refractivity contribution in [3.05, 3.63) is 142 Å². The second-order valence-corrected chi connectivity index (χ2v) is 17.2. The van der Waals surface area contributed by atoms with Gasteiger partial charge in [0, 0.05) is 27.6 Å². The molecule has 0 aromatic heterocycles. The Morgan fingerprint density at radius 3 is 1.58 bits per heavy atom. The molecule has 1 N–H and O–H groups in total. The van der Waals surface area contributed by atoms with Crippen LogP contribution < -0.4 is 5.32 Å². The van der Waals surface area contributed by atoms with Crippen LogP contribution in [0.25, 0.3) is 44.2 Å². The summed E-state index contributed by atoms with van der Waals surface area (Å²) in [4.78, 5) is 0. The van der Waals surface area contributed by atoms with E-state index >= 15 is 0 Å². The van der Waals surface area contributed by atoms with E-state index in [4.69, 9.17) is 0 Å². The Hall–Kier alpha value is -4.62. The second kappa shape index (κ2) is 9.29. The van der Waals surface area contributed by atoms with Crippen LogP contribution in [-0.2, 0) is 21.7 Å². The van der Waals surface area contributed by atoms with Crippen molar-refractivity contribution in [2.45, 2.75) is 84.0 Å². The summed E-state index contributed by atoms with van der Waals surface area (Å²) in [6, 6.07) is 39.7. The number of hydrogen-bond donors (Lipinski definition) is 1. The normalized spacial score (nSPS) is 16.9. The Kier molecular flexibility index (Phi) is 5.71. The van der Waals surface area contributed by atoms with Crippen molar-refractivity contribution in [3.63, 3.8) is 0 Å². The zero-order valence-corrected chi connectivity index (χ0v) is 29.8. The molecule has 9 rings (SSSR count). The van der Waals surface area contributed by atoms with Crippen molar-refractivity contribution >= 4 is 22.1 Å². The van der Waals surface area contributed by atoms with Crippen molar-refractivity contribution in [2.24, 2.45) is 0 Å². The molecule has 1 nitrogen and oxygen atoms in total. The number of nitrogens with one attached hydrogen (secondary N) is 1.